The molecule has 1 aromatic heterocycles. The molecule has 1 heterocycles. The lowest BCUT2D eigenvalue weighted by Gasteiger charge is -2.02. The topological polar surface area (TPSA) is 141 Å². The lowest BCUT2D eigenvalue weighted by Crippen LogP contribution is -2.14. The highest BCUT2D eigenvalue weighted by Crippen LogP contribution is 2.28. The Morgan fingerprint density at radius 1 is 1.00 bits per heavy atom. The molecule has 0 spiro atoms. The number of nitro groups is 2. The van der Waals surface area contributed by atoms with Gasteiger partial charge in [0.25, 0.3) is 17.3 Å². The Hall–Kier alpha value is -3.73. The molecular formula is C15H9N5O5S. The largest absolute Gasteiger partial charge is 0.296 e. The molecule has 0 atom stereocenters. The van der Waals surface area contributed by atoms with Gasteiger partial charge in [0, 0.05) is 11.6 Å². The molecule has 0 saturated heterocycles. The van der Waals surface area contributed by atoms with E-state index in [1.54, 1.807) is 0 Å². The zero-order valence-electron chi connectivity index (χ0n) is 12.9. The van der Waals surface area contributed by atoms with Crippen LogP contribution in [-0.2, 0) is 0 Å². The van der Waals surface area contributed by atoms with Crippen LogP contribution >= 0.6 is 11.3 Å². The monoisotopic (exact) mass is 371 g/mol. The van der Waals surface area contributed by atoms with Gasteiger partial charge in [0.2, 0.25) is 5.13 Å². The molecule has 130 valence electrons. The molecule has 0 bridgehead atoms. The molecule has 1 amide bonds. The minimum absolute atomic E-state index is 0.154. The Morgan fingerprint density at radius 3 is 2.38 bits per heavy atom. The molecule has 10 nitrogen and oxygen atoms in total. The second kappa shape index (κ2) is 7.03. The molecule has 0 aliphatic carbocycles. The number of nitro benzene ring substituents is 2. The van der Waals surface area contributed by atoms with Crippen molar-refractivity contribution in [2.45, 2.75) is 0 Å². The van der Waals surface area contributed by atoms with Gasteiger partial charge in [0.05, 0.1) is 15.9 Å². The third kappa shape index (κ3) is 3.52. The Morgan fingerprint density at radius 2 is 1.73 bits per heavy atom. The fourth-order valence-electron chi connectivity index (χ4n) is 2.11. The molecule has 0 fully saturated rings. The molecule has 0 radical (unpaired) electrons. The van der Waals surface area contributed by atoms with Crippen LogP contribution in [0.1, 0.15) is 10.4 Å². The predicted octanol–water partition coefficient (Wildman–Crippen LogP) is 3.27. The summed E-state index contributed by atoms with van der Waals surface area (Å²) in [6, 6.07) is 12.0. The SMILES string of the molecule is O=C(Nc1nnc(-c2ccccc2)s1)c1ccc([N+](=O)[O-])cc1[N+](=O)[O-]. The van der Waals surface area contributed by atoms with Crippen LogP contribution in [0.25, 0.3) is 10.6 Å². The highest BCUT2D eigenvalue weighted by Gasteiger charge is 2.24. The number of rotatable bonds is 5. The molecular weight excluding hydrogens is 362 g/mol. The second-order valence-corrected chi connectivity index (χ2v) is 5.93. The van der Waals surface area contributed by atoms with Gasteiger partial charge in [-0.2, -0.15) is 0 Å². The van der Waals surface area contributed by atoms with E-state index in [0.29, 0.717) is 5.01 Å². The molecule has 3 rings (SSSR count). The van der Waals surface area contributed by atoms with Crippen molar-refractivity contribution in [2.75, 3.05) is 5.32 Å². The smallest absolute Gasteiger partial charge is 0.289 e. The standard InChI is InChI=1S/C15H9N5O5S/c21-13(11-7-6-10(19(22)23)8-12(11)20(24)25)16-15-18-17-14(26-15)9-4-2-1-3-5-9/h1-8H,(H,16,18,21). The average Bonchev–Trinajstić information content (AvgIpc) is 3.10. The van der Waals surface area contributed by atoms with Crippen LogP contribution in [0.4, 0.5) is 16.5 Å². The number of non-ortho nitro benzene ring substituents is 1. The third-order valence-electron chi connectivity index (χ3n) is 3.30. The Bertz CT molecular complexity index is 1000. The Kier molecular flexibility index (Phi) is 4.62. The number of anilines is 1. The van der Waals surface area contributed by atoms with Crippen molar-refractivity contribution < 1.29 is 14.6 Å². The summed E-state index contributed by atoms with van der Waals surface area (Å²) < 4.78 is 0. The second-order valence-electron chi connectivity index (χ2n) is 4.95. The van der Waals surface area contributed by atoms with E-state index in [-0.39, 0.29) is 10.7 Å². The number of nitrogens with zero attached hydrogens (tertiary/aromatic N) is 4. The summed E-state index contributed by atoms with van der Waals surface area (Å²) in [6.07, 6.45) is 0. The van der Waals surface area contributed by atoms with Crippen molar-refractivity contribution in [1.82, 2.24) is 10.2 Å². The summed E-state index contributed by atoms with van der Waals surface area (Å²) in [7, 11) is 0. The van der Waals surface area contributed by atoms with Gasteiger partial charge in [-0.05, 0) is 6.07 Å². The first-order valence-corrected chi connectivity index (χ1v) is 7.90. The van der Waals surface area contributed by atoms with Crippen molar-refractivity contribution in [3.8, 4) is 10.6 Å². The summed E-state index contributed by atoms with van der Waals surface area (Å²) in [5.74, 6) is -0.803. The van der Waals surface area contributed by atoms with Gasteiger partial charge in [0.15, 0.2) is 0 Å². The van der Waals surface area contributed by atoms with Crippen molar-refractivity contribution in [2.24, 2.45) is 0 Å². The van der Waals surface area contributed by atoms with E-state index in [0.717, 1.165) is 35.1 Å². The first-order valence-electron chi connectivity index (χ1n) is 7.09. The van der Waals surface area contributed by atoms with Crippen molar-refractivity contribution >= 4 is 33.8 Å². The molecule has 0 unspecified atom stereocenters. The van der Waals surface area contributed by atoms with Gasteiger partial charge in [-0.1, -0.05) is 41.7 Å². The lowest BCUT2D eigenvalue weighted by atomic mass is 10.1. The number of carbonyl (C=O) groups excluding carboxylic acids is 1. The van der Waals surface area contributed by atoms with Crippen LogP contribution in [0.3, 0.4) is 0 Å². The molecule has 0 aliphatic heterocycles. The maximum Gasteiger partial charge on any atom is 0.289 e. The number of hydrogen-bond acceptors (Lipinski definition) is 8. The number of hydrogen-bond donors (Lipinski definition) is 1. The van der Waals surface area contributed by atoms with E-state index in [2.05, 4.69) is 15.5 Å². The number of amides is 1. The van der Waals surface area contributed by atoms with E-state index < -0.39 is 27.1 Å². The maximum absolute atomic E-state index is 12.3. The number of aromatic nitrogens is 2. The highest BCUT2D eigenvalue weighted by molar-refractivity contribution is 7.18. The number of carbonyl (C=O) groups is 1. The fourth-order valence-corrected chi connectivity index (χ4v) is 2.86. The molecule has 3 aromatic rings. The van der Waals surface area contributed by atoms with E-state index in [9.17, 15) is 25.0 Å². The van der Waals surface area contributed by atoms with Crippen LogP contribution in [0.15, 0.2) is 48.5 Å². The van der Waals surface area contributed by atoms with E-state index in [1.165, 1.54) is 0 Å². The zero-order valence-corrected chi connectivity index (χ0v) is 13.7. The number of nitrogens with one attached hydrogen (secondary N) is 1. The van der Waals surface area contributed by atoms with Crippen molar-refractivity contribution in [3.63, 3.8) is 0 Å². The third-order valence-corrected chi connectivity index (χ3v) is 4.19. The quantitative estimate of drug-likeness (QED) is 0.536. The Balaban J connectivity index is 1.86. The van der Waals surface area contributed by atoms with Gasteiger partial charge < -0.3 is 0 Å². The van der Waals surface area contributed by atoms with Crippen LogP contribution in [0.2, 0.25) is 0 Å². The van der Waals surface area contributed by atoms with Crippen LogP contribution in [-0.4, -0.2) is 26.0 Å². The van der Waals surface area contributed by atoms with Crippen molar-refractivity contribution in [1.29, 1.82) is 0 Å². The molecule has 26 heavy (non-hydrogen) atoms. The minimum atomic E-state index is -0.850. The van der Waals surface area contributed by atoms with E-state index in [4.69, 9.17) is 0 Å². The van der Waals surface area contributed by atoms with Gasteiger partial charge >= 0.3 is 0 Å². The molecule has 11 heteroatoms. The minimum Gasteiger partial charge on any atom is -0.296 e. The van der Waals surface area contributed by atoms with Gasteiger partial charge in [-0.3, -0.25) is 30.3 Å². The average molecular weight is 371 g/mol. The summed E-state index contributed by atoms with van der Waals surface area (Å²) >= 11 is 1.10. The molecule has 0 aliphatic rings. The predicted molar refractivity (Wildman–Crippen MR) is 93.0 cm³/mol. The summed E-state index contributed by atoms with van der Waals surface area (Å²) in [6.45, 7) is 0. The van der Waals surface area contributed by atoms with Gasteiger partial charge in [-0.25, -0.2) is 0 Å². The zero-order chi connectivity index (χ0) is 18.7. The summed E-state index contributed by atoms with van der Waals surface area (Å²) in [5, 5.41) is 32.8. The van der Waals surface area contributed by atoms with Crippen LogP contribution < -0.4 is 5.32 Å². The summed E-state index contributed by atoms with van der Waals surface area (Å²) in [4.78, 5) is 32.6. The first kappa shape index (κ1) is 17.1. The van der Waals surface area contributed by atoms with E-state index in [1.807, 2.05) is 30.3 Å². The van der Waals surface area contributed by atoms with Crippen molar-refractivity contribution in [3.05, 3.63) is 74.3 Å². The van der Waals surface area contributed by atoms with Gasteiger partial charge in [0.1, 0.15) is 10.6 Å². The number of benzene rings is 2. The molecule has 0 saturated carbocycles. The van der Waals surface area contributed by atoms with Crippen LogP contribution in [0.5, 0.6) is 0 Å². The Labute approximate surface area is 149 Å². The molecule has 1 N–H and O–H groups in total. The van der Waals surface area contributed by atoms with E-state index >= 15 is 0 Å². The highest BCUT2D eigenvalue weighted by atomic mass is 32.1. The van der Waals surface area contributed by atoms with Crippen LogP contribution in [0, 0.1) is 20.2 Å². The normalized spacial score (nSPS) is 10.3. The first-order chi connectivity index (χ1) is 12.5. The van der Waals surface area contributed by atoms with Gasteiger partial charge in [-0.15, -0.1) is 10.2 Å². The maximum atomic E-state index is 12.3. The molecule has 2 aromatic carbocycles. The summed E-state index contributed by atoms with van der Waals surface area (Å²) in [5.41, 5.74) is -0.635. The fraction of sp³-hybridized carbons (Fsp3) is 0. The lowest BCUT2D eigenvalue weighted by molar-refractivity contribution is -0.394.